The molecule has 3 aliphatic heterocycles. The van der Waals surface area contributed by atoms with Crippen LogP contribution in [-0.4, -0.2) is 6.71 Å². The lowest BCUT2D eigenvalue weighted by atomic mass is 9.34. The molecule has 0 spiro atoms. The topological polar surface area (TPSA) is 3.24 Å². The summed E-state index contributed by atoms with van der Waals surface area (Å²) in [5, 5.41) is 0. The number of nitrogens with zero attached hydrogens (tertiary/aromatic N) is 1. The highest BCUT2D eigenvalue weighted by atomic mass is 32.2. The summed E-state index contributed by atoms with van der Waals surface area (Å²) in [6.45, 7) is 7.21. The van der Waals surface area contributed by atoms with Crippen molar-refractivity contribution in [1.82, 2.24) is 0 Å². The van der Waals surface area contributed by atoms with Gasteiger partial charge in [0.1, 0.15) is 0 Å². The van der Waals surface area contributed by atoms with Crippen LogP contribution in [-0.2, 0) is 19.3 Å². The van der Waals surface area contributed by atoms with E-state index in [0.717, 1.165) is 32.1 Å². The van der Waals surface area contributed by atoms with Crippen LogP contribution in [0, 0.1) is 0 Å². The predicted molar refractivity (Wildman–Crippen MR) is 162 cm³/mol. The van der Waals surface area contributed by atoms with Gasteiger partial charge < -0.3 is 4.90 Å². The van der Waals surface area contributed by atoms with Crippen molar-refractivity contribution in [3.05, 3.63) is 83.4 Å². The molecular formula is C33H32BNS2. The Kier molecular flexibility index (Phi) is 5.94. The Morgan fingerprint density at radius 1 is 0.568 bits per heavy atom. The lowest BCUT2D eigenvalue weighted by molar-refractivity contribution is 0.912. The summed E-state index contributed by atoms with van der Waals surface area (Å²) in [6.07, 6.45) is 6.90. The van der Waals surface area contributed by atoms with Gasteiger partial charge in [0.15, 0.2) is 0 Å². The van der Waals surface area contributed by atoms with E-state index in [9.17, 15) is 0 Å². The second-order valence-corrected chi connectivity index (χ2v) is 12.8. The number of hydrogen-bond donors (Lipinski definition) is 0. The minimum Gasteiger partial charge on any atom is -0.311 e. The zero-order valence-corrected chi connectivity index (χ0v) is 23.6. The molecule has 0 atom stereocenters. The molecule has 0 saturated carbocycles. The summed E-state index contributed by atoms with van der Waals surface area (Å²) in [6, 6.07) is 26.1. The average molecular weight is 518 g/mol. The first-order chi connectivity index (χ1) is 18.2. The smallest absolute Gasteiger partial charge is 0.252 e. The highest BCUT2D eigenvalue weighted by Crippen LogP contribution is 2.48. The van der Waals surface area contributed by atoms with Crippen LogP contribution in [0.5, 0.6) is 0 Å². The monoisotopic (exact) mass is 517 g/mol. The van der Waals surface area contributed by atoms with E-state index >= 15 is 0 Å². The van der Waals surface area contributed by atoms with Gasteiger partial charge in [-0.2, -0.15) is 0 Å². The van der Waals surface area contributed by atoms with Crippen LogP contribution in [0.3, 0.4) is 0 Å². The number of aryl methyl sites for hydroxylation is 3. The Balaban J connectivity index is 1.56. The van der Waals surface area contributed by atoms with Crippen molar-refractivity contribution in [1.29, 1.82) is 0 Å². The van der Waals surface area contributed by atoms with Crippen molar-refractivity contribution in [3.8, 4) is 0 Å². The third-order valence-electron chi connectivity index (χ3n) is 7.94. The van der Waals surface area contributed by atoms with Crippen molar-refractivity contribution in [2.75, 3.05) is 4.90 Å². The fraction of sp³-hybridized carbons (Fsp3) is 0.273. The molecule has 184 valence electrons. The molecule has 4 aromatic carbocycles. The van der Waals surface area contributed by atoms with E-state index in [1.54, 1.807) is 5.46 Å². The molecule has 0 aliphatic carbocycles. The highest BCUT2D eigenvalue weighted by molar-refractivity contribution is 8.01. The van der Waals surface area contributed by atoms with Crippen molar-refractivity contribution < 1.29 is 0 Å². The maximum absolute atomic E-state index is 2.58. The molecular weight excluding hydrogens is 485 g/mol. The molecule has 0 unspecified atom stereocenters. The maximum Gasteiger partial charge on any atom is 0.252 e. The molecule has 0 amide bonds. The first kappa shape index (κ1) is 23.6. The van der Waals surface area contributed by atoms with Gasteiger partial charge >= 0.3 is 0 Å². The van der Waals surface area contributed by atoms with Crippen LogP contribution in [0.25, 0.3) is 0 Å². The fourth-order valence-corrected chi connectivity index (χ4v) is 9.24. The molecule has 37 heavy (non-hydrogen) atoms. The molecule has 0 aromatic heterocycles. The third kappa shape index (κ3) is 3.71. The molecule has 0 N–H and O–H groups in total. The molecule has 0 bridgehead atoms. The summed E-state index contributed by atoms with van der Waals surface area (Å²) >= 11 is 4.03. The minimum atomic E-state index is 0.324. The summed E-state index contributed by atoms with van der Waals surface area (Å²) < 4.78 is 0. The predicted octanol–water partition coefficient (Wildman–Crippen LogP) is 7.77. The summed E-state index contributed by atoms with van der Waals surface area (Å²) in [5.74, 6) is 0. The van der Waals surface area contributed by atoms with Crippen LogP contribution in [0.1, 0.15) is 56.7 Å². The van der Waals surface area contributed by atoms with Gasteiger partial charge in [-0.25, -0.2) is 0 Å². The molecule has 7 rings (SSSR count). The minimum absolute atomic E-state index is 0.324. The lowest BCUT2D eigenvalue weighted by Crippen LogP contribution is -2.62. The average Bonchev–Trinajstić information content (AvgIpc) is 2.89. The van der Waals surface area contributed by atoms with Crippen LogP contribution in [0.2, 0.25) is 0 Å². The van der Waals surface area contributed by atoms with Crippen LogP contribution < -0.4 is 21.3 Å². The Bertz CT molecular complexity index is 1440. The van der Waals surface area contributed by atoms with Gasteiger partial charge in [0.25, 0.3) is 6.71 Å². The van der Waals surface area contributed by atoms with Gasteiger partial charge in [-0.3, -0.25) is 0 Å². The van der Waals surface area contributed by atoms with E-state index in [2.05, 4.69) is 92.4 Å². The molecule has 0 fully saturated rings. The fourth-order valence-electron chi connectivity index (χ4n) is 6.52. The van der Waals surface area contributed by atoms with E-state index in [1.165, 1.54) is 70.7 Å². The Morgan fingerprint density at radius 3 is 1.46 bits per heavy atom. The van der Waals surface area contributed by atoms with Crippen molar-refractivity contribution in [3.63, 3.8) is 0 Å². The number of para-hydroxylation sites is 1. The van der Waals surface area contributed by atoms with Gasteiger partial charge in [-0.15, -0.1) is 0 Å². The van der Waals surface area contributed by atoms with Crippen molar-refractivity contribution >= 4 is 63.7 Å². The van der Waals surface area contributed by atoms with E-state index < -0.39 is 0 Å². The zero-order chi connectivity index (χ0) is 25.1. The van der Waals surface area contributed by atoms with E-state index in [-0.39, 0.29) is 0 Å². The molecule has 1 nitrogen and oxygen atoms in total. The first-order valence-corrected chi connectivity index (χ1v) is 15.5. The van der Waals surface area contributed by atoms with Crippen molar-refractivity contribution in [2.45, 2.75) is 78.9 Å². The van der Waals surface area contributed by atoms with E-state index in [4.69, 9.17) is 0 Å². The normalized spacial score (nSPS) is 14.1. The molecule has 4 heteroatoms. The van der Waals surface area contributed by atoms with Gasteiger partial charge in [0, 0.05) is 36.6 Å². The quantitative estimate of drug-likeness (QED) is 0.199. The van der Waals surface area contributed by atoms with Gasteiger partial charge in [0.05, 0.1) is 0 Å². The Morgan fingerprint density at radius 2 is 1.00 bits per heavy atom. The van der Waals surface area contributed by atoms with E-state index in [0.29, 0.717) is 6.71 Å². The largest absolute Gasteiger partial charge is 0.311 e. The number of benzene rings is 4. The van der Waals surface area contributed by atoms with Gasteiger partial charge in [0.2, 0.25) is 0 Å². The molecule has 3 heterocycles. The number of anilines is 3. The van der Waals surface area contributed by atoms with Crippen LogP contribution in [0.15, 0.2) is 86.3 Å². The molecule has 0 saturated heterocycles. The number of rotatable bonds is 7. The molecule has 3 aliphatic rings. The summed E-state index contributed by atoms with van der Waals surface area (Å²) in [4.78, 5) is 8.45. The van der Waals surface area contributed by atoms with Crippen LogP contribution in [0.4, 0.5) is 17.1 Å². The molecule has 4 aromatic rings. The van der Waals surface area contributed by atoms with Gasteiger partial charge in [-0.1, -0.05) is 81.8 Å². The first-order valence-electron chi connectivity index (χ1n) is 13.9. The zero-order valence-electron chi connectivity index (χ0n) is 21.9. The standard InChI is InChI=1S/C33H32BNS2/c1-4-10-21-15-25-31-27(17-21)36-29-19-23(12-6-3)20-30-33(29)34(31)32-26(35(25)24-13-8-7-9-14-24)16-22(11-5-2)18-28(32)37-30/h7-9,13-20H,4-6,10-12H2,1-3H3. The van der Waals surface area contributed by atoms with Gasteiger partial charge in [-0.05, 0) is 101 Å². The second kappa shape index (κ2) is 9.33. The van der Waals surface area contributed by atoms with Crippen molar-refractivity contribution in [2.24, 2.45) is 0 Å². The lowest BCUT2D eigenvalue weighted by Gasteiger charge is -2.44. The number of hydrogen-bond acceptors (Lipinski definition) is 3. The van der Waals surface area contributed by atoms with E-state index in [1.807, 2.05) is 23.5 Å². The third-order valence-corrected chi connectivity index (χ3v) is 10.2. The Hall–Kier alpha value is -2.56. The maximum atomic E-state index is 2.58. The Labute approximate surface area is 230 Å². The second-order valence-electron chi connectivity index (χ2n) is 10.6. The SMILES string of the molecule is CCCc1cc2c3c(c1)Sc1cc(CCC)cc4c1B3c1c(cc(CCC)cc1N4c1ccccc1)S2. The van der Waals surface area contributed by atoms with Crippen LogP contribution >= 0.6 is 23.5 Å². The highest BCUT2D eigenvalue weighted by Gasteiger charge is 2.46. The summed E-state index contributed by atoms with van der Waals surface area (Å²) in [7, 11) is 0. The molecule has 0 radical (unpaired) electrons. The summed E-state index contributed by atoms with van der Waals surface area (Å²) in [5.41, 5.74) is 13.0.